The van der Waals surface area contributed by atoms with Crippen LogP contribution < -0.4 is 10.5 Å². The molecule has 24 heavy (non-hydrogen) atoms. The quantitative estimate of drug-likeness (QED) is 0.787. The predicted molar refractivity (Wildman–Crippen MR) is 90.0 cm³/mol. The number of fused-ring (bicyclic) bond motifs is 1. The average Bonchev–Trinajstić information content (AvgIpc) is 2.59. The average molecular weight is 326 g/mol. The molecule has 1 amide bonds. The minimum atomic E-state index is -0.704. The Morgan fingerprint density at radius 1 is 1.12 bits per heavy atom. The lowest BCUT2D eigenvalue weighted by Crippen LogP contribution is -2.34. The number of aryl methyl sites for hydroxylation is 1. The van der Waals surface area contributed by atoms with Crippen LogP contribution >= 0.6 is 0 Å². The van der Waals surface area contributed by atoms with E-state index < -0.39 is 28.6 Å². The molecule has 0 unspecified atom stereocenters. The number of anilines is 1. The van der Waals surface area contributed by atoms with Crippen molar-refractivity contribution in [1.82, 2.24) is 4.57 Å². The first kappa shape index (κ1) is 15.7. The minimum Gasteiger partial charge on any atom is -0.506 e. The van der Waals surface area contributed by atoms with Crippen LogP contribution in [0.4, 0.5) is 10.1 Å². The summed E-state index contributed by atoms with van der Waals surface area (Å²) >= 11 is 0. The maximum atomic E-state index is 14.1. The zero-order chi connectivity index (χ0) is 17.4. The molecule has 0 saturated heterocycles. The van der Waals surface area contributed by atoms with E-state index in [9.17, 15) is 19.1 Å². The first-order chi connectivity index (χ1) is 11.4. The van der Waals surface area contributed by atoms with Gasteiger partial charge >= 0.3 is 0 Å². The molecule has 5 nitrogen and oxygen atoms in total. The summed E-state index contributed by atoms with van der Waals surface area (Å²) in [4.78, 5) is 26.5. The van der Waals surface area contributed by atoms with Gasteiger partial charge in [0, 0.05) is 19.8 Å². The maximum absolute atomic E-state index is 14.1. The van der Waals surface area contributed by atoms with E-state index in [1.807, 2.05) is 0 Å². The van der Waals surface area contributed by atoms with Gasteiger partial charge in [-0.1, -0.05) is 24.3 Å². The summed E-state index contributed by atoms with van der Waals surface area (Å²) < 4.78 is 15.3. The Morgan fingerprint density at radius 3 is 2.46 bits per heavy atom. The second-order valence-electron chi connectivity index (χ2n) is 5.42. The zero-order valence-electron chi connectivity index (χ0n) is 13.2. The number of benzene rings is 2. The molecule has 0 spiro atoms. The lowest BCUT2D eigenvalue weighted by atomic mass is 10.1. The Morgan fingerprint density at radius 2 is 1.79 bits per heavy atom. The highest BCUT2D eigenvalue weighted by Crippen LogP contribution is 2.29. The molecule has 122 valence electrons. The first-order valence-corrected chi connectivity index (χ1v) is 7.26. The van der Waals surface area contributed by atoms with Crippen molar-refractivity contribution in [2.75, 3.05) is 11.9 Å². The van der Waals surface area contributed by atoms with Gasteiger partial charge in [-0.2, -0.15) is 0 Å². The molecule has 0 saturated carbocycles. The normalized spacial score (nSPS) is 10.8. The van der Waals surface area contributed by atoms with Crippen LogP contribution in [-0.4, -0.2) is 22.6 Å². The summed E-state index contributed by atoms with van der Waals surface area (Å²) in [5.74, 6) is -2.04. The zero-order valence-corrected chi connectivity index (χ0v) is 13.2. The number of para-hydroxylation sites is 1. The number of pyridine rings is 1. The van der Waals surface area contributed by atoms with E-state index in [0.29, 0.717) is 5.69 Å². The Labute approximate surface area is 137 Å². The largest absolute Gasteiger partial charge is 0.506 e. The van der Waals surface area contributed by atoms with Crippen molar-refractivity contribution in [3.05, 3.63) is 70.3 Å². The van der Waals surface area contributed by atoms with Crippen molar-refractivity contribution in [3.63, 3.8) is 0 Å². The van der Waals surface area contributed by atoms with Gasteiger partial charge in [0.2, 0.25) is 0 Å². The summed E-state index contributed by atoms with van der Waals surface area (Å²) in [6.07, 6.45) is 0. The van der Waals surface area contributed by atoms with Gasteiger partial charge in [0.15, 0.2) is 0 Å². The van der Waals surface area contributed by atoms with Crippen molar-refractivity contribution in [2.45, 2.75) is 0 Å². The van der Waals surface area contributed by atoms with Crippen molar-refractivity contribution in [3.8, 4) is 5.75 Å². The number of nitrogens with zero attached hydrogens (tertiary/aromatic N) is 2. The molecule has 2 aromatic carbocycles. The summed E-state index contributed by atoms with van der Waals surface area (Å²) in [5, 5.41) is 10.3. The van der Waals surface area contributed by atoms with Gasteiger partial charge in [-0.25, -0.2) is 4.39 Å². The highest BCUT2D eigenvalue weighted by Gasteiger charge is 2.25. The number of aromatic nitrogens is 1. The molecule has 0 aliphatic heterocycles. The van der Waals surface area contributed by atoms with Crippen molar-refractivity contribution >= 4 is 22.5 Å². The molecule has 0 bridgehead atoms. The summed E-state index contributed by atoms with van der Waals surface area (Å²) in [7, 11) is 2.92. The third-order valence-electron chi connectivity index (χ3n) is 4.01. The second-order valence-corrected chi connectivity index (χ2v) is 5.42. The highest BCUT2D eigenvalue weighted by molar-refractivity contribution is 6.10. The molecule has 0 atom stereocenters. The van der Waals surface area contributed by atoms with Gasteiger partial charge in [0.05, 0.1) is 10.9 Å². The van der Waals surface area contributed by atoms with Crippen molar-refractivity contribution in [2.24, 2.45) is 7.05 Å². The minimum absolute atomic E-state index is 0.149. The molecular formula is C18H15FN2O3. The van der Waals surface area contributed by atoms with Gasteiger partial charge < -0.3 is 14.6 Å². The number of carbonyl (C=O) groups is 1. The number of amides is 1. The number of rotatable bonds is 2. The number of carbonyl (C=O) groups excluding carboxylic acids is 1. The molecule has 0 radical (unpaired) electrons. The van der Waals surface area contributed by atoms with Crippen molar-refractivity contribution in [1.29, 1.82) is 0 Å². The van der Waals surface area contributed by atoms with E-state index in [-0.39, 0.29) is 10.9 Å². The van der Waals surface area contributed by atoms with Crippen LogP contribution in [0.25, 0.3) is 10.9 Å². The molecule has 1 aromatic heterocycles. The SMILES string of the molecule is CN(C(=O)c1c(O)c2c(F)cccc2n(C)c1=O)c1ccccc1. The van der Waals surface area contributed by atoms with E-state index in [4.69, 9.17) is 0 Å². The molecule has 0 fully saturated rings. The van der Waals surface area contributed by atoms with Crippen LogP contribution in [0, 0.1) is 5.82 Å². The van der Waals surface area contributed by atoms with Gasteiger partial charge in [0.25, 0.3) is 11.5 Å². The van der Waals surface area contributed by atoms with E-state index >= 15 is 0 Å². The van der Waals surface area contributed by atoms with Crippen LogP contribution in [0.15, 0.2) is 53.3 Å². The molecule has 1 heterocycles. The fourth-order valence-electron chi connectivity index (χ4n) is 2.66. The molecule has 3 rings (SSSR count). The standard InChI is InChI=1S/C18H15FN2O3/c1-20(11-7-4-3-5-8-11)17(23)15-16(22)14-12(19)9-6-10-13(14)21(2)18(15)24/h3-10,22H,1-2H3. The maximum Gasteiger partial charge on any atom is 0.267 e. The molecule has 0 aliphatic rings. The first-order valence-electron chi connectivity index (χ1n) is 7.26. The van der Waals surface area contributed by atoms with E-state index in [2.05, 4.69) is 0 Å². The van der Waals surface area contributed by atoms with E-state index in [1.54, 1.807) is 30.3 Å². The number of aromatic hydroxyl groups is 1. The monoisotopic (exact) mass is 326 g/mol. The van der Waals surface area contributed by atoms with E-state index in [0.717, 1.165) is 4.57 Å². The van der Waals surface area contributed by atoms with Crippen molar-refractivity contribution < 1.29 is 14.3 Å². The van der Waals surface area contributed by atoms with Crippen LogP contribution in [0.1, 0.15) is 10.4 Å². The Balaban J connectivity index is 2.25. The van der Waals surface area contributed by atoms with Gasteiger partial charge in [-0.15, -0.1) is 0 Å². The fourth-order valence-corrected chi connectivity index (χ4v) is 2.66. The molecule has 0 aliphatic carbocycles. The summed E-state index contributed by atoms with van der Waals surface area (Å²) in [6, 6.07) is 12.8. The molecule has 6 heteroatoms. The second kappa shape index (κ2) is 5.81. The van der Waals surface area contributed by atoms with Gasteiger partial charge in [0.1, 0.15) is 17.1 Å². The fraction of sp³-hybridized carbons (Fsp3) is 0.111. The summed E-state index contributed by atoms with van der Waals surface area (Å²) in [5.41, 5.74) is -0.367. The predicted octanol–water partition coefficient (Wildman–Crippen LogP) is 2.66. The summed E-state index contributed by atoms with van der Waals surface area (Å²) in [6.45, 7) is 0. The lowest BCUT2D eigenvalue weighted by Gasteiger charge is -2.19. The number of hydrogen-bond donors (Lipinski definition) is 1. The van der Waals surface area contributed by atoms with Crippen LogP contribution in [0.3, 0.4) is 0 Å². The number of halogens is 1. The van der Waals surface area contributed by atoms with E-state index in [1.165, 1.54) is 37.2 Å². The number of hydrogen-bond acceptors (Lipinski definition) is 3. The molecule has 1 N–H and O–H groups in total. The Bertz CT molecular complexity index is 997. The van der Waals surface area contributed by atoms with Gasteiger partial charge in [-0.05, 0) is 24.3 Å². The Kier molecular flexibility index (Phi) is 3.81. The van der Waals surface area contributed by atoms with Crippen LogP contribution in [-0.2, 0) is 7.05 Å². The Hall–Kier alpha value is -3.15. The highest BCUT2D eigenvalue weighted by atomic mass is 19.1. The molecule has 3 aromatic rings. The lowest BCUT2D eigenvalue weighted by molar-refractivity contribution is 0.0988. The molecular weight excluding hydrogens is 311 g/mol. The smallest absolute Gasteiger partial charge is 0.267 e. The van der Waals surface area contributed by atoms with Crippen LogP contribution in [0.2, 0.25) is 0 Å². The third kappa shape index (κ3) is 2.32. The van der Waals surface area contributed by atoms with Crippen LogP contribution in [0.5, 0.6) is 5.75 Å². The van der Waals surface area contributed by atoms with Gasteiger partial charge in [-0.3, -0.25) is 9.59 Å². The third-order valence-corrected chi connectivity index (χ3v) is 4.01. The topological polar surface area (TPSA) is 62.5 Å².